The molecule has 102 valence electrons. The molecule has 0 amide bonds. The van der Waals surface area contributed by atoms with E-state index in [1.54, 1.807) is 12.1 Å². The maximum Gasteiger partial charge on any atom is 0.416 e. The summed E-state index contributed by atoms with van der Waals surface area (Å²) >= 11 is 0. The second-order valence-electron chi connectivity index (χ2n) is 4.89. The fraction of sp³-hybridized carbons (Fsp3) is 0.538. The average molecular weight is 261 g/mol. The van der Waals surface area contributed by atoms with E-state index in [1.165, 1.54) is 12.1 Å². The molecule has 18 heavy (non-hydrogen) atoms. The molecule has 0 radical (unpaired) electrons. The zero-order valence-electron chi connectivity index (χ0n) is 10.3. The van der Waals surface area contributed by atoms with Crippen LogP contribution in [0.5, 0.6) is 0 Å². The Labute approximate surface area is 105 Å². The second kappa shape index (κ2) is 5.28. The topological polar surface area (TPSA) is 43.5 Å². The molecule has 5 heteroatoms. The first-order valence-corrected chi connectivity index (χ1v) is 5.80. The van der Waals surface area contributed by atoms with Crippen molar-refractivity contribution in [3.63, 3.8) is 0 Å². The van der Waals surface area contributed by atoms with Crippen molar-refractivity contribution < 1.29 is 18.6 Å². The lowest BCUT2D eigenvalue weighted by atomic mass is 9.75. The minimum Gasteiger partial charge on any atom is -0.412 e. The number of hydrogen-bond donors (Lipinski definition) is 1. The number of piperidine rings is 1. The van der Waals surface area contributed by atoms with Crippen LogP contribution in [-0.4, -0.2) is 18.6 Å². The van der Waals surface area contributed by atoms with Crippen LogP contribution in [0.3, 0.4) is 0 Å². The zero-order valence-corrected chi connectivity index (χ0v) is 10.3. The largest absolute Gasteiger partial charge is 0.416 e. The van der Waals surface area contributed by atoms with Gasteiger partial charge in [-0.15, -0.1) is 0 Å². The molecule has 2 rings (SSSR count). The zero-order chi connectivity index (χ0) is 12.5. The van der Waals surface area contributed by atoms with Crippen molar-refractivity contribution in [3.8, 4) is 0 Å². The maximum atomic E-state index is 12.4. The Kier molecular flexibility index (Phi) is 4.40. The minimum atomic E-state index is -4.24. The van der Waals surface area contributed by atoms with Crippen molar-refractivity contribution in [1.82, 2.24) is 5.32 Å². The van der Waals surface area contributed by atoms with Gasteiger partial charge in [0, 0.05) is 0 Å². The van der Waals surface area contributed by atoms with E-state index in [9.17, 15) is 13.2 Å². The van der Waals surface area contributed by atoms with Crippen LogP contribution >= 0.6 is 0 Å². The summed E-state index contributed by atoms with van der Waals surface area (Å²) in [5, 5.41) is 3.27. The first kappa shape index (κ1) is 15.0. The van der Waals surface area contributed by atoms with Gasteiger partial charge in [-0.25, -0.2) is 0 Å². The number of alkyl halides is 3. The Hall–Kier alpha value is -1.07. The Bertz CT molecular complexity index is 380. The van der Waals surface area contributed by atoms with Gasteiger partial charge in [-0.2, -0.15) is 13.2 Å². The minimum absolute atomic E-state index is 0. The molecule has 0 unspecified atom stereocenters. The summed E-state index contributed by atoms with van der Waals surface area (Å²) in [5.41, 5.74) is 0.445. The van der Waals surface area contributed by atoms with E-state index in [0.29, 0.717) is 0 Å². The fourth-order valence-corrected chi connectivity index (χ4v) is 2.33. The molecule has 2 nitrogen and oxygen atoms in total. The summed E-state index contributed by atoms with van der Waals surface area (Å²) < 4.78 is 37.3. The molecule has 0 atom stereocenters. The molecule has 0 bridgehead atoms. The van der Waals surface area contributed by atoms with Crippen LogP contribution < -0.4 is 5.32 Å². The number of rotatable bonds is 1. The van der Waals surface area contributed by atoms with Crippen molar-refractivity contribution in [3.05, 3.63) is 35.4 Å². The van der Waals surface area contributed by atoms with Crippen molar-refractivity contribution in [2.45, 2.75) is 31.4 Å². The van der Waals surface area contributed by atoms with Gasteiger partial charge in [0.25, 0.3) is 0 Å². The molecule has 1 aromatic rings. The Balaban J connectivity index is 0.00000162. The van der Waals surface area contributed by atoms with Crippen molar-refractivity contribution in [2.24, 2.45) is 0 Å². The summed E-state index contributed by atoms with van der Waals surface area (Å²) in [6, 6.07) is 5.60. The van der Waals surface area contributed by atoms with Gasteiger partial charge >= 0.3 is 6.18 Å². The SMILES string of the molecule is CC1(c2ccc(C(F)(F)F)cc2)CCNCC1.O. The van der Waals surface area contributed by atoms with E-state index in [4.69, 9.17) is 0 Å². The molecular weight excluding hydrogens is 243 g/mol. The molecule has 3 N–H and O–H groups in total. The quantitative estimate of drug-likeness (QED) is 0.829. The second-order valence-corrected chi connectivity index (χ2v) is 4.89. The predicted octanol–water partition coefficient (Wildman–Crippen LogP) is 2.52. The van der Waals surface area contributed by atoms with Crippen LogP contribution in [0, 0.1) is 0 Å². The van der Waals surface area contributed by atoms with E-state index >= 15 is 0 Å². The lowest BCUT2D eigenvalue weighted by Crippen LogP contribution is -2.37. The molecule has 1 heterocycles. The summed E-state index contributed by atoms with van der Waals surface area (Å²) in [6.07, 6.45) is -2.30. The smallest absolute Gasteiger partial charge is 0.412 e. The number of halogens is 3. The van der Waals surface area contributed by atoms with Crippen molar-refractivity contribution in [2.75, 3.05) is 13.1 Å². The van der Waals surface area contributed by atoms with E-state index < -0.39 is 11.7 Å². The first-order chi connectivity index (χ1) is 7.92. The number of nitrogens with one attached hydrogen (secondary N) is 1. The van der Waals surface area contributed by atoms with Crippen molar-refractivity contribution in [1.29, 1.82) is 0 Å². The highest BCUT2D eigenvalue weighted by atomic mass is 19.4. The molecular formula is C13H18F3NO. The van der Waals surface area contributed by atoms with E-state index in [-0.39, 0.29) is 10.9 Å². The fourth-order valence-electron chi connectivity index (χ4n) is 2.33. The van der Waals surface area contributed by atoms with E-state index in [2.05, 4.69) is 12.2 Å². The standard InChI is InChI=1S/C13H16F3N.H2O/c1-12(6-8-17-9-7-12)10-2-4-11(5-3-10)13(14,15)16;/h2-5,17H,6-9H2,1H3;1H2. The van der Waals surface area contributed by atoms with Gasteiger partial charge in [0.05, 0.1) is 5.56 Å². The maximum absolute atomic E-state index is 12.4. The Morgan fingerprint density at radius 3 is 2.00 bits per heavy atom. The summed E-state index contributed by atoms with van der Waals surface area (Å²) in [6.45, 7) is 3.98. The third kappa shape index (κ3) is 3.03. The van der Waals surface area contributed by atoms with Gasteiger partial charge in [-0.05, 0) is 49.0 Å². The van der Waals surface area contributed by atoms with Gasteiger partial charge in [0.1, 0.15) is 0 Å². The van der Waals surface area contributed by atoms with Crippen LogP contribution in [0.25, 0.3) is 0 Å². The number of hydrogen-bond acceptors (Lipinski definition) is 1. The van der Waals surface area contributed by atoms with Gasteiger partial charge in [-0.3, -0.25) is 0 Å². The van der Waals surface area contributed by atoms with Gasteiger partial charge in [-0.1, -0.05) is 19.1 Å². The number of benzene rings is 1. The highest BCUT2D eigenvalue weighted by Crippen LogP contribution is 2.35. The average Bonchev–Trinajstić information content (AvgIpc) is 2.29. The lowest BCUT2D eigenvalue weighted by molar-refractivity contribution is -0.137. The molecule has 0 aromatic heterocycles. The van der Waals surface area contributed by atoms with Crippen LogP contribution in [-0.2, 0) is 11.6 Å². The van der Waals surface area contributed by atoms with Crippen LogP contribution in [0.15, 0.2) is 24.3 Å². The Morgan fingerprint density at radius 1 is 1.06 bits per heavy atom. The van der Waals surface area contributed by atoms with Gasteiger partial charge < -0.3 is 10.8 Å². The monoisotopic (exact) mass is 261 g/mol. The first-order valence-electron chi connectivity index (χ1n) is 5.80. The van der Waals surface area contributed by atoms with E-state index in [1.807, 2.05) is 0 Å². The molecule has 1 saturated heterocycles. The summed E-state index contributed by atoms with van der Waals surface area (Å²) in [7, 11) is 0. The van der Waals surface area contributed by atoms with Gasteiger partial charge in [0.15, 0.2) is 0 Å². The molecule has 1 aliphatic rings. The highest BCUT2D eigenvalue weighted by Gasteiger charge is 2.32. The van der Waals surface area contributed by atoms with E-state index in [0.717, 1.165) is 31.5 Å². The predicted molar refractivity (Wildman–Crippen MR) is 64.5 cm³/mol. The van der Waals surface area contributed by atoms with Crippen LogP contribution in [0.2, 0.25) is 0 Å². The third-order valence-electron chi connectivity index (χ3n) is 3.62. The van der Waals surface area contributed by atoms with Crippen LogP contribution in [0.4, 0.5) is 13.2 Å². The molecule has 1 aromatic carbocycles. The third-order valence-corrected chi connectivity index (χ3v) is 3.62. The summed E-state index contributed by atoms with van der Waals surface area (Å²) in [4.78, 5) is 0. The molecule has 1 fully saturated rings. The van der Waals surface area contributed by atoms with Crippen LogP contribution in [0.1, 0.15) is 30.9 Å². The summed E-state index contributed by atoms with van der Waals surface area (Å²) in [5.74, 6) is 0. The normalized spacial score (nSPS) is 19.1. The Morgan fingerprint density at radius 2 is 1.56 bits per heavy atom. The van der Waals surface area contributed by atoms with Gasteiger partial charge in [0.2, 0.25) is 0 Å². The molecule has 0 saturated carbocycles. The van der Waals surface area contributed by atoms with Crippen molar-refractivity contribution >= 4 is 0 Å². The molecule has 1 aliphatic heterocycles. The lowest BCUT2D eigenvalue weighted by Gasteiger charge is -2.34. The molecule has 0 spiro atoms. The molecule has 0 aliphatic carbocycles. The highest BCUT2D eigenvalue weighted by molar-refractivity contribution is 5.30.